The van der Waals surface area contributed by atoms with Gasteiger partial charge in [-0.3, -0.25) is 9.59 Å². The van der Waals surface area contributed by atoms with Gasteiger partial charge in [0, 0.05) is 18.7 Å². The average molecular weight is 300 g/mol. The van der Waals surface area contributed by atoms with Crippen molar-refractivity contribution in [1.29, 1.82) is 0 Å². The van der Waals surface area contributed by atoms with Crippen LogP contribution in [0.25, 0.3) is 0 Å². The van der Waals surface area contributed by atoms with E-state index >= 15 is 0 Å². The molecule has 0 saturated carbocycles. The lowest BCUT2D eigenvalue weighted by molar-refractivity contribution is -0.154. The number of nitrogens with one attached hydrogen (secondary N) is 1. The number of anilines is 1. The van der Waals surface area contributed by atoms with Crippen LogP contribution in [0.15, 0.2) is 18.2 Å². The summed E-state index contributed by atoms with van der Waals surface area (Å²) in [5, 5.41) is 3.09. The summed E-state index contributed by atoms with van der Waals surface area (Å²) in [6.07, 6.45) is 5.71. The molecule has 1 aliphatic carbocycles. The number of likely N-dealkylation sites (tertiary alicyclic amines) is 1. The first-order valence-corrected chi connectivity index (χ1v) is 8.29. The molecule has 1 heterocycles. The lowest BCUT2D eigenvalue weighted by Gasteiger charge is -2.49. The average Bonchev–Trinajstić information content (AvgIpc) is 2.53. The second kappa shape index (κ2) is 5.75. The van der Waals surface area contributed by atoms with Crippen LogP contribution in [-0.4, -0.2) is 28.8 Å². The monoisotopic (exact) mass is 300 g/mol. The number of carbonyl (C=O) groups is 2. The zero-order chi connectivity index (χ0) is 15.7. The lowest BCUT2D eigenvalue weighted by Crippen LogP contribution is -2.66. The number of aryl methyl sites for hydroxylation is 1. The minimum Gasteiger partial charge on any atom is -0.328 e. The molecular formula is C18H24N2O2. The highest BCUT2D eigenvalue weighted by Crippen LogP contribution is 2.34. The number of benzene rings is 1. The number of amides is 2. The molecular weight excluding hydrogens is 276 g/mol. The normalized spacial score (nSPS) is 23.5. The molecule has 1 fully saturated rings. The summed E-state index contributed by atoms with van der Waals surface area (Å²) in [6, 6.07) is 6.15. The van der Waals surface area contributed by atoms with E-state index in [1.165, 1.54) is 24.0 Å². The van der Waals surface area contributed by atoms with E-state index in [0.717, 1.165) is 24.9 Å². The van der Waals surface area contributed by atoms with E-state index in [-0.39, 0.29) is 11.8 Å². The van der Waals surface area contributed by atoms with Crippen LogP contribution in [0.3, 0.4) is 0 Å². The van der Waals surface area contributed by atoms with Gasteiger partial charge in [-0.15, -0.1) is 0 Å². The van der Waals surface area contributed by atoms with E-state index in [2.05, 4.69) is 11.4 Å². The van der Waals surface area contributed by atoms with Gasteiger partial charge < -0.3 is 10.2 Å². The van der Waals surface area contributed by atoms with Crippen LogP contribution in [-0.2, 0) is 22.4 Å². The Bertz CT molecular complexity index is 611. The van der Waals surface area contributed by atoms with Crippen LogP contribution in [0.4, 0.5) is 5.69 Å². The SMILES string of the molecule is CCC(=O)N1CCC1(C)C(=O)Nc1cccc2c1CCCC2. The number of hydrogen-bond acceptors (Lipinski definition) is 2. The molecule has 2 aliphatic rings. The fourth-order valence-corrected chi connectivity index (χ4v) is 3.54. The van der Waals surface area contributed by atoms with Crippen LogP contribution in [0.5, 0.6) is 0 Å². The highest BCUT2D eigenvalue weighted by Gasteiger charge is 2.48. The third kappa shape index (κ3) is 2.40. The van der Waals surface area contributed by atoms with Crippen LogP contribution in [0, 0.1) is 0 Å². The highest BCUT2D eigenvalue weighted by molar-refractivity contribution is 6.01. The van der Waals surface area contributed by atoms with Gasteiger partial charge in [-0.1, -0.05) is 19.1 Å². The van der Waals surface area contributed by atoms with Crippen molar-refractivity contribution in [2.45, 2.75) is 57.9 Å². The molecule has 0 radical (unpaired) electrons. The number of nitrogens with zero attached hydrogens (tertiary/aromatic N) is 1. The van der Waals surface area contributed by atoms with E-state index < -0.39 is 5.54 Å². The van der Waals surface area contributed by atoms with Gasteiger partial charge in [0.25, 0.3) is 0 Å². The van der Waals surface area contributed by atoms with Crippen molar-refractivity contribution >= 4 is 17.5 Å². The second-order valence-electron chi connectivity index (χ2n) is 6.53. The summed E-state index contributed by atoms with van der Waals surface area (Å²) in [6.45, 7) is 4.39. The van der Waals surface area contributed by atoms with Crippen LogP contribution in [0.1, 0.15) is 50.7 Å². The molecule has 1 aromatic rings. The maximum atomic E-state index is 12.7. The smallest absolute Gasteiger partial charge is 0.250 e. The van der Waals surface area contributed by atoms with Crippen LogP contribution < -0.4 is 5.32 Å². The summed E-state index contributed by atoms with van der Waals surface area (Å²) in [5.74, 6) is -0.00138. The van der Waals surface area contributed by atoms with Gasteiger partial charge in [0.15, 0.2) is 0 Å². The fourth-order valence-electron chi connectivity index (χ4n) is 3.54. The molecule has 1 N–H and O–H groups in total. The van der Waals surface area contributed by atoms with Gasteiger partial charge in [-0.05, 0) is 56.2 Å². The number of carbonyl (C=O) groups excluding carboxylic acids is 2. The Hall–Kier alpha value is -1.84. The van der Waals surface area contributed by atoms with E-state index in [9.17, 15) is 9.59 Å². The fraction of sp³-hybridized carbons (Fsp3) is 0.556. The molecule has 1 aromatic carbocycles. The summed E-state index contributed by atoms with van der Waals surface area (Å²) in [7, 11) is 0. The first-order valence-electron chi connectivity index (χ1n) is 8.29. The van der Waals surface area contributed by atoms with E-state index in [0.29, 0.717) is 13.0 Å². The van der Waals surface area contributed by atoms with Crippen molar-refractivity contribution in [3.63, 3.8) is 0 Å². The summed E-state index contributed by atoms with van der Waals surface area (Å²) >= 11 is 0. The summed E-state index contributed by atoms with van der Waals surface area (Å²) in [5.41, 5.74) is 2.87. The number of hydrogen-bond donors (Lipinski definition) is 1. The van der Waals surface area contributed by atoms with Crippen molar-refractivity contribution < 1.29 is 9.59 Å². The van der Waals surface area contributed by atoms with Gasteiger partial charge in [-0.2, -0.15) is 0 Å². The molecule has 0 bridgehead atoms. The largest absolute Gasteiger partial charge is 0.328 e. The molecule has 22 heavy (non-hydrogen) atoms. The molecule has 0 aromatic heterocycles. The van der Waals surface area contributed by atoms with Crippen LogP contribution >= 0.6 is 0 Å². The van der Waals surface area contributed by atoms with Crippen LogP contribution in [0.2, 0.25) is 0 Å². The van der Waals surface area contributed by atoms with Crippen molar-refractivity contribution in [1.82, 2.24) is 4.90 Å². The lowest BCUT2D eigenvalue weighted by atomic mass is 9.84. The topological polar surface area (TPSA) is 49.4 Å². The van der Waals surface area contributed by atoms with Gasteiger partial charge in [0.05, 0.1) is 0 Å². The molecule has 118 valence electrons. The molecule has 1 saturated heterocycles. The summed E-state index contributed by atoms with van der Waals surface area (Å²) < 4.78 is 0. The predicted octanol–water partition coefficient (Wildman–Crippen LogP) is 2.90. The predicted molar refractivity (Wildman–Crippen MR) is 86.7 cm³/mol. The quantitative estimate of drug-likeness (QED) is 0.933. The number of rotatable bonds is 3. The third-order valence-corrected chi connectivity index (χ3v) is 5.15. The standard InChI is InChI=1S/C18H24N2O2/c1-3-16(21)20-12-11-18(20,2)17(22)19-15-10-6-8-13-7-4-5-9-14(13)15/h6,8,10H,3-5,7,9,11-12H2,1-2H3,(H,19,22). The Morgan fingerprint density at radius 3 is 2.73 bits per heavy atom. The third-order valence-electron chi connectivity index (χ3n) is 5.15. The molecule has 4 nitrogen and oxygen atoms in total. The van der Waals surface area contributed by atoms with Crippen molar-refractivity contribution in [2.75, 3.05) is 11.9 Å². The first-order chi connectivity index (χ1) is 10.6. The van der Waals surface area contributed by atoms with Gasteiger partial charge in [0.1, 0.15) is 5.54 Å². The molecule has 3 rings (SSSR count). The second-order valence-corrected chi connectivity index (χ2v) is 6.53. The zero-order valence-electron chi connectivity index (χ0n) is 13.4. The maximum absolute atomic E-state index is 12.7. The Labute approximate surface area is 131 Å². The molecule has 4 heteroatoms. The van der Waals surface area contributed by atoms with E-state index in [4.69, 9.17) is 0 Å². The Balaban J connectivity index is 1.79. The highest BCUT2D eigenvalue weighted by atomic mass is 16.2. The zero-order valence-corrected chi connectivity index (χ0v) is 13.4. The molecule has 1 atom stereocenters. The minimum absolute atomic E-state index is 0.0546. The Morgan fingerprint density at radius 1 is 1.27 bits per heavy atom. The molecule has 0 spiro atoms. The molecule has 2 amide bonds. The van der Waals surface area contributed by atoms with E-state index in [1.54, 1.807) is 4.90 Å². The number of fused-ring (bicyclic) bond motifs is 1. The molecule has 1 unspecified atom stereocenters. The van der Waals surface area contributed by atoms with Crippen molar-refractivity contribution in [2.24, 2.45) is 0 Å². The molecule has 1 aliphatic heterocycles. The van der Waals surface area contributed by atoms with Crippen molar-refractivity contribution in [3.05, 3.63) is 29.3 Å². The minimum atomic E-state index is -0.690. The maximum Gasteiger partial charge on any atom is 0.250 e. The van der Waals surface area contributed by atoms with Gasteiger partial charge in [-0.25, -0.2) is 0 Å². The van der Waals surface area contributed by atoms with E-state index in [1.807, 2.05) is 26.0 Å². The van der Waals surface area contributed by atoms with Gasteiger partial charge >= 0.3 is 0 Å². The Kier molecular flexibility index (Phi) is 3.94. The van der Waals surface area contributed by atoms with Gasteiger partial charge in [0.2, 0.25) is 11.8 Å². The summed E-state index contributed by atoms with van der Waals surface area (Å²) in [4.78, 5) is 26.4. The Morgan fingerprint density at radius 2 is 2.05 bits per heavy atom. The van der Waals surface area contributed by atoms with Crippen molar-refractivity contribution in [3.8, 4) is 0 Å². The first kappa shape index (κ1) is 15.1.